The van der Waals surface area contributed by atoms with Gasteiger partial charge >= 0.3 is 11.4 Å². The van der Waals surface area contributed by atoms with Crippen LogP contribution in [-0.2, 0) is 14.1 Å². The van der Waals surface area contributed by atoms with Crippen LogP contribution < -0.4 is 28.6 Å². The third kappa shape index (κ3) is 2.75. The molecule has 0 aliphatic carbocycles. The zero-order valence-corrected chi connectivity index (χ0v) is 12.1. The average Bonchev–Trinajstić information content (AvgIpc) is 2.62. The van der Waals surface area contributed by atoms with Gasteiger partial charge in [0.05, 0.1) is 11.4 Å². The summed E-state index contributed by atoms with van der Waals surface area (Å²) < 4.78 is 3.42. The molecule has 0 unspecified atom stereocenters. The summed E-state index contributed by atoms with van der Waals surface area (Å²) in [6.07, 6.45) is 0. The van der Waals surface area contributed by atoms with Gasteiger partial charge in [-0.15, -0.1) is 0 Å². The van der Waals surface area contributed by atoms with Crippen LogP contribution in [-0.4, -0.2) is 25.8 Å². The number of hydrogen-bond donors (Lipinski definition) is 3. The lowest BCUT2D eigenvalue weighted by molar-refractivity contribution is 0.565. The van der Waals surface area contributed by atoms with Crippen molar-refractivity contribution in [2.45, 2.75) is 0 Å². The van der Waals surface area contributed by atoms with Crippen molar-refractivity contribution in [1.29, 1.82) is 0 Å². The van der Waals surface area contributed by atoms with Gasteiger partial charge in [0.15, 0.2) is 5.96 Å². The fourth-order valence-electron chi connectivity index (χ4n) is 1.84. The van der Waals surface area contributed by atoms with Gasteiger partial charge in [0.2, 0.25) is 5.96 Å². The van der Waals surface area contributed by atoms with Crippen LogP contribution >= 0.6 is 0 Å². The molecule has 2 aromatic rings. The van der Waals surface area contributed by atoms with Gasteiger partial charge in [-0.3, -0.25) is 0 Å². The number of hydrogen-bond acceptors (Lipinski definition) is 3. The first-order valence-corrected chi connectivity index (χ1v) is 6.20. The molecule has 2 rings (SSSR count). The molecule has 0 saturated heterocycles. The number of nitrogens with zero attached hydrogens (tertiary/aromatic N) is 5. The first kappa shape index (κ1) is 15.1. The van der Waals surface area contributed by atoms with Crippen LogP contribution in [0.1, 0.15) is 0 Å². The van der Waals surface area contributed by atoms with E-state index in [1.54, 1.807) is 18.2 Å². The highest BCUT2D eigenvalue weighted by atomic mass is 16.2. The van der Waals surface area contributed by atoms with Gasteiger partial charge < -0.3 is 17.2 Å². The molecule has 0 radical (unpaired) electrons. The van der Waals surface area contributed by atoms with Crippen LogP contribution in [0.25, 0.3) is 5.69 Å². The fraction of sp³-hybridized carbons (Fsp3) is 0.167. The Balaban J connectivity index is 2.56. The molecule has 6 N–H and O–H groups in total. The molecule has 116 valence electrons. The molecule has 0 saturated carbocycles. The van der Waals surface area contributed by atoms with Gasteiger partial charge in [0.1, 0.15) is 0 Å². The highest BCUT2D eigenvalue weighted by Gasteiger charge is 2.12. The molecule has 0 spiro atoms. The minimum atomic E-state index is -0.467. The number of rotatable bonds is 2. The highest BCUT2D eigenvalue weighted by molar-refractivity contribution is 5.93. The molecule has 0 bridgehead atoms. The van der Waals surface area contributed by atoms with Gasteiger partial charge in [-0.1, -0.05) is 6.07 Å². The van der Waals surface area contributed by atoms with E-state index in [0.717, 1.165) is 4.57 Å². The largest absolute Gasteiger partial charge is 0.370 e. The minimum Gasteiger partial charge on any atom is -0.370 e. The molecule has 1 aromatic heterocycles. The number of benzene rings is 1. The van der Waals surface area contributed by atoms with E-state index in [-0.39, 0.29) is 11.9 Å². The Bertz CT molecular complexity index is 846. The molecule has 10 nitrogen and oxygen atoms in total. The number of guanidine groups is 2. The van der Waals surface area contributed by atoms with E-state index < -0.39 is 11.4 Å². The normalized spacial score (nSPS) is 11.5. The lowest BCUT2D eigenvalue weighted by Crippen LogP contribution is -2.27. The van der Waals surface area contributed by atoms with Crippen molar-refractivity contribution in [1.82, 2.24) is 13.9 Å². The molecular formula is C12H16N8O2. The second-order valence-corrected chi connectivity index (χ2v) is 4.47. The van der Waals surface area contributed by atoms with E-state index in [2.05, 4.69) is 9.98 Å². The molecule has 0 atom stereocenters. The Hall–Kier alpha value is -3.30. The van der Waals surface area contributed by atoms with E-state index >= 15 is 0 Å². The van der Waals surface area contributed by atoms with E-state index in [4.69, 9.17) is 17.2 Å². The van der Waals surface area contributed by atoms with Crippen LogP contribution in [0.15, 0.2) is 43.8 Å². The smallest absolute Gasteiger partial charge is 0.351 e. The van der Waals surface area contributed by atoms with Crippen molar-refractivity contribution in [3.8, 4) is 5.69 Å². The Morgan fingerprint density at radius 3 is 2.18 bits per heavy atom. The first-order chi connectivity index (χ1) is 10.3. The third-order valence-electron chi connectivity index (χ3n) is 2.96. The summed E-state index contributed by atoms with van der Waals surface area (Å²) >= 11 is 0. The molecule has 1 aromatic carbocycles. The highest BCUT2D eigenvalue weighted by Crippen LogP contribution is 2.15. The van der Waals surface area contributed by atoms with Gasteiger partial charge in [-0.2, -0.15) is 4.99 Å². The predicted octanol–water partition coefficient (Wildman–Crippen LogP) is -1.91. The summed E-state index contributed by atoms with van der Waals surface area (Å²) in [4.78, 5) is 31.7. The molecule has 0 aliphatic heterocycles. The Labute approximate surface area is 124 Å². The first-order valence-electron chi connectivity index (χ1n) is 6.20. The molecule has 1 heterocycles. The lowest BCUT2D eigenvalue weighted by atomic mass is 10.3. The van der Waals surface area contributed by atoms with Crippen molar-refractivity contribution >= 4 is 17.6 Å². The summed E-state index contributed by atoms with van der Waals surface area (Å²) in [6, 6.07) is 6.41. The fourth-order valence-corrected chi connectivity index (χ4v) is 1.84. The molecule has 22 heavy (non-hydrogen) atoms. The quantitative estimate of drug-likeness (QED) is 0.437. The van der Waals surface area contributed by atoms with Gasteiger partial charge in [0, 0.05) is 14.1 Å². The maximum Gasteiger partial charge on any atom is 0.351 e. The maximum absolute atomic E-state index is 12.1. The molecule has 0 aliphatic rings. The van der Waals surface area contributed by atoms with Crippen LogP contribution in [0.4, 0.5) is 5.69 Å². The Morgan fingerprint density at radius 1 is 1.05 bits per heavy atom. The van der Waals surface area contributed by atoms with Crippen molar-refractivity contribution in [2.24, 2.45) is 41.3 Å². The summed E-state index contributed by atoms with van der Waals surface area (Å²) in [5.41, 5.74) is 15.8. The zero-order valence-electron chi connectivity index (χ0n) is 12.1. The maximum atomic E-state index is 12.1. The van der Waals surface area contributed by atoms with E-state index in [0.29, 0.717) is 11.4 Å². The van der Waals surface area contributed by atoms with Gasteiger partial charge in [0.25, 0.3) is 0 Å². The standard InChI is InChI=1S/C12H16N8O2/c1-18-11(21)20(12(22)19(18)2)8-5-3-4-7(6-8)16-10(15)17-9(13)14/h3-6H,1-2H3,(H6,13,14,15,16,17). The SMILES string of the molecule is Cn1c(=O)n(-c2cccc(N=C(N)N=C(N)N)c2)c(=O)n1C. The lowest BCUT2D eigenvalue weighted by Gasteiger charge is -2.01. The van der Waals surface area contributed by atoms with Crippen LogP contribution in [0.2, 0.25) is 0 Å². The minimum absolute atomic E-state index is 0.134. The summed E-state index contributed by atoms with van der Waals surface area (Å²) in [7, 11) is 3.00. The zero-order chi connectivity index (χ0) is 16.4. The predicted molar refractivity (Wildman–Crippen MR) is 83.3 cm³/mol. The second-order valence-electron chi connectivity index (χ2n) is 4.47. The van der Waals surface area contributed by atoms with Crippen LogP contribution in [0.5, 0.6) is 0 Å². The summed E-state index contributed by atoms with van der Waals surface area (Å²) in [5.74, 6) is -0.351. The second kappa shape index (κ2) is 5.60. The summed E-state index contributed by atoms with van der Waals surface area (Å²) in [6.45, 7) is 0. The molecule has 0 amide bonds. The van der Waals surface area contributed by atoms with E-state index in [9.17, 15) is 9.59 Å². The Morgan fingerprint density at radius 2 is 1.64 bits per heavy atom. The van der Waals surface area contributed by atoms with E-state index in [1.165, 1.54) is 29.5 Å². The van der Waals surface area contributed by atoms with Gasteiger partial charge in [-0.05, 0) is 18.2 Å². The topological polar surface area (TPSA) is 152 Å². The van der Waals surface area contributed by atoms with Gasteiger partial charge in [-0.25, -0.2) is 28.5 Å². The number of nitrogens with two attached hydrogens (primary N) is 3. The monoisotopic (exact) mass is 304 g/mol. The summed E-state index contributed by atoms with van der Waals surface area (Å²) in [5, 5.41) is 0. The van der Waals surface area contributed by atoms with Crippen molar-refractivity contribution in [3.05, 3.63) is 45.2 Å². The number of aliphatic imine (C=N–C) groups is 2. The van der Waals surface area contributed by atoms with Crippen molar-refractivity contribution < 1.29 is 0 Å². The number of aromatic nitrogens is 3. The van der Waals surface area contributed by atoms with Crippen molar-refractivity contribution in [3.63, 3.8) is 0 Å². The van der Waals surface area contributed by atoms with Crippen LogP contribution in [0.3, 0.4) is 0 Å². The molecular weight excluding hydrogens is 288 g/mol. The molecule has 10 heteroatoms. The van der Waals surface area contributed by atoms with E-state index in [1.807, 2.05) is 0 Å². The Kier molecular flexibility index (Phi) is 3.84. The average molecular weight is 304 g/mol. The van der Waals surface area contributed by atoms with Crippen LogP contribution in [0, 0.1) is 0 Å². The van der Waals surface area contributed by atoms with Crippen molar-refractivity contribution in [2.75, 3.05) is 0 Å². The third-order valence-corrected chi connectivity index (χ3v) is 2.96. The molecule has 0 fully saturated rings.